The van der Waals surface area contributed by atoms with Crippen molar-refractivity contribution in [2.75, 3.05) is 13.1 Å². The molecular weight excluding hydrogens is 182 g/mol. The molecule has 88 valence electrons. The van der Waals surface area contributed by atoms with Gasteiger partial charge >= 0.3 is 0 Å². The molecule has 1 rings (SSSR count). The SMILES string of the molecule is CCCNC/C(C)=C/C1CCCC(C)C1. The Morgan fingerprint density at radius 2 is 2.20 bits per heavy atom. The van der Waals surface area contributed by atoms with E-state index >= 15 is 0 Å². The normalized spacial score (nSPS) is 28.1. The zero-order valence-electron chi connectivity index (χ0n) is 10.7. The summed E-state index contributed by atoms with van der Waals surface area (Å²) in [6.07, 6.45) is 9.43. The van der Waals surface area contributed by atoms with E-state index in [2.05, 4.69) is 32.2 Å². The Morgan fingerprint density at radius 3 is 2.87 bits per heavy atom. The lowest BCUT2D eigenvalue weighted by Gasteiger charge is -2.24. The van der Waals surface area contributed by atoms with E-state index in [0.29, 0.717) is 0 Å². The molecule has 0 bridgehead atoms. The van der Waals surface area contributed by atoms with Crippen LogP contribution in [0.5, 0.6) is 0 Å². The van der Waals surface area contributed by atoms with E-state index in [1.807, 2.05) is 0 Å². The van der Waals surface area contributed by atoms with Crippen molar-refractivity contribution in [2.45, 2.75) is 52.9 Å². The molecule has 0 radical (unpaired) electrons. The fourth-order valence-electron chi connectivity index (χ4n) is 2.56. The second kappa shape index (κ2) is 7.05. The quantitative estimate of drug-likeness (QED) is 0.537. The first-order valence-corrected chi connectivity index (χ1v) is 6.60. The Labute approximate surface area is 95.3 Å². The first-order chi connectivity index (χ1) is 7.22. The molecule has 0 amide bonds. The van der Waals surface area contributed by atoms with Crippen molar-refractivity contribution in [2.24, 2.45) is 11.8 Å². The smallest absolute Gasteiger partial charge is 0.0161 e. The van der Waals surface area contributed by atoms with Crippen LogP contribution in [0.2, 0.25) is 0 Å². The number of nitrogens with one attached hydrogen (secondary N) is 1. The van der Waals surface area contributed by atoms with E-state index in [0.717, 1.165) is 24.9 Å². The average Bonchev–Trinajstić information content (AvgIpc) is 2.18. The Balaban J connectivity index is 2.26. The van der Waals surface area contributed by atoms with Crippen LogP contribution in [0, 0.1) is 11.8 Å². The third kappa shape index (κ3) is 5.36. The average molecular weight is 209 g/mol. The number of hydrogen-bond donors (Lipinski definition) is 1. The minimum absolute atomic E-state index is 0.858. The molecule has 0 aromatic rings. The van der Waals surface area contributed by atoms with E-state index in [-0.39, 0.29) is 0 Å². The molecule has 1 fully saturated rings. The highest BCUT2D eigenvalue weighted by Gasteiger charge is 2.16. The first kappa shape index (κ1) is 12.8. The Bertz CT molecular complexity index is 196. The summed E-state index contributed by atoms with van der Waals surface area (Å²) >= 11 is 0. The predicted octanol–water partition coefficient (Wildman–Crippen LogP) is 3.76. The highest BCUT2D eigenvalue weighted by atomic mass is 14.8. The largest absolute Gasteiger partial charge is 0.313 e. The molecule has 2 unspecified atom stereocenters. The highest BCUT2D eigenvalue weighted by molar-refractivity contribution is 5.04. The fourth-order valence-corrected chi connectivity index (χ4v) is 2.56. The van der Waals surface area contributed by atoms with Crippen LogP contribution in [0.3, 0.4) is 0 Å². The molecule has 0 aromatic heterocycles. The van der Waals surface area contributed by atoms with Gasteiger partial charge in [0.2, 0.25) is 0 Å². The van der Waals surface area contributed by atoms with E-state index in [9.17, 15) is 0 Å². The zero-order chi connectivity index (χ0) is 11.1. The maximum Gasteiger partial charge on any atom is 0.0161 e. The predicted molar refractivity (Wildman–Crippen MR) is 68.0 cm³/mol. The first-order valence-electron chi connectivity index (χ1n) is 6.60. The summed E-state index contributed by atoms with van der Waals surface area (Å²) in [5.74, 6) is 1.80. The number of hydrogen-bond acceptors (Lipinski definition) is 1. The molecule has 1 N–H and O–H groups in total. The van der Waals surface area contributed by atoms with Crippen LogP contribution in [-0.2, 0) is 0 Å². The van der Waals surface area contributed by atoms with Crippen LogP contribution in [0.1, 0.15) is 52.9 Å². The van der Waals surface area contributed by atoms with E-state index in [1.165, 1.54) is 37.7 Å². The van der Waals surface area contributed by atoms with Gasteiger partial charge in [-0.05, 0) is 44.6 Å². The fraction of sp³-hybridized carbons (Fsp3) is 0.857. The second-order valence-corrected chi connectivity index (χ2v) is 5.22. The molecule has 2 atom stereocenters. The molecule has 0 aromatic carbocycles. The van der Waals surface area contributed by atoms with Crippen molar-refractivity contribution in [3.8, 4) is 0 Å². The molecular formula is C14H27N. The molecule has 0 spiro atoms. The van der Waals surface area contributed by atoms with E-state index in [1.54, 1.807) is 0 Å². The van der Waals surface area contributed by atoms with E-state index < -0.39 is 0 Å². The van der Waals surface area contributed by atoms with Gasteiger partial charge in [0, 0.05) is 6.54 Å². The van der Waals surface area contributed by atoms with E-state index in [4.69, 9.17) is 0 Å². The lowest BCUT2D eigenvalue weighted by molar-refractivity contribution is 0.324. The summed E-state index contributed by atoms with van der Waals surface area (Å²) in [5.41, 5.74) is 1.53. The Morgan fingerprint density at radius 1 is 1.40 bits per heavy atom. The zero-order valence-corrected chi connectivity index (χ0v) is 10.7. The van der Waals surface area contributed by atoms with Crippen LogP contribution in [0.25, 0.3) is 0 Å². The Hall–Kier alpha value is -0.300. The van der Waals surface area contributed by atoms with Gasteiger partial charge in [0.05, 0.1) is 0 Å². The van der Waals surface area contributed by atoms with Crippen molar-refractivity contribution < 1.29 is 0 Å². The molecule has 1 nitrogen and oxygen atoms in total. The molecule has 1 aliphatic rings. The number of rotatable bonds is 5. The van der Waals surface area contributed by atoms with Crippen LogP contribution < -0.4 is 5.32 Å². The third-order valence-corrected chi connectivity index (χ3v) is 3.33. The lowest BCUT2D eigenvalue weighted by Crippen LogP contribution is -2.18. The standard InChI is InChI=1S/C14H27N/c1-4-8-15-11-13(3)10-14-7-5-6-12(2)9-14/h10,12,14-15H,4-9,11H2,1-3H3/b13-10+. The minimum atomic E-state index is 0.858. The molecule has 0 saturated heterocycles. The Kier molecular flexibility index (Phi) is 6.00. The maximum absolute atomic E-state index is 3.47. The molecule has 0 aliphatic heterocycles. The summed E-state index contributed by atoms with van der Waals surface area (Å²) in [7, 11) is 0. The summed E-state index contributed by atoms with van der Waals surface area (Å²) in [4.78, 5) is 0. The monoisotopic (exact) mass is 209 g/mol. The van der Waals surface area contributed by atoms with Crippen molar-refractivity contribution in [1.29, 1.82) is 0 Å². The molecule has 1 aliphatic carbocycles. The lowest BCUT2D eigenvalue weighted by atomic mass is 9.82. The summed E-state index contributed by atoms with van der Waals surface area (Å²) in [6, 6.07) is 0. The van der Waals surface area contributed by atoms with Crippen LogP contribution in [-0.4, -0.2) is 13.1 Å². The minimum Gasteiger partial charge on any atom is -0.313 e. The van der Waals surface area contributed by atoms with Gasteiger partial charge in [-0.3, -0.25) is 0 Å². The molecule has 1 heteroatoms. The van der Waals surface area contributed by atoms with Crippen LogP contribution in [0.4, 0.5) is 0 Å². The number of allylic oxidation sites excluding steroid dienone is 1. The van der Waals surface area contributed by atoms with Gasteiger partial charge in [-0.1, -0.05) is 38.3 Å². The summed E-state index contributed by atoms with van der Waals surface area (Å²) < 4.78 is 0. The van der Waals surface area contributed by atoms with Crippen molar-refractivity contribution >= 4 is 0 Å². The molecule has 1 saturated carbocycles. The van der Waals surface area contributed by atoms with Crippen molar-refractivity contribution in [1.82, 2.24) is 5.32 Å². The topological polar surface area (TPSA) is 12.0 Å². The van der Waals surface area contributed by atoms with Gasteiger partial charge in [-0.25, -0.2) is 0 Å². The van der Waals surface area contributed by atoms with Gasteiger partial charge < -0.3 is 5.32 Å². The third-order valence-electron chi connectivity index (χ3n) is 3.33. The van der Waals surface area contributed by atoms with Gasteiger partial charge in [0.1, 0.15) is 0 Å². The molecule has 15 heavy (non-hydrogen) atoms. The van der Waals surface area contributed by atoms with Gasteiger partial charge in [0.15, 0.2) is 0 Å². The maximum atomic E-state index is 3.47. The molecule has 0 heterocycles. The van der Waals surface area contributed by atoms with Gasteiger partial charge in [0.25, 0.3) is 0 Å². The van der Waals surface area contributed by atoms with Crippen molar-refractivity contribution in [3.63, 3.8) is 0 Å². The second-order valence-electron chi connectivity index (χ2n) is 5.22. The summed E-state index contributed by atoms with van der Waals surface area (Å²) in [5, 5.41) is 3.47. The van der Waals surface area contributed by atoms with Crippen molar-refractivity contribution in [3.05, 3.63) is 11.6 Å². The van der Waals surface area contributed by atoms with Crippen LogP contribution in [0.15, 0.2) is 11.6 Å². The highest BCUT2D eigenvalue weighted by Crippen LogP contribution is 2.29. The van der Waals surface area contributed by atoms with Gasteiger partial charge in [-0.2, -0.15) is 0 Å². The van der Waals surface area contributed by atoms with Gasteiger partial charge in [-0.15, -0.1) is 0 Å². The summed E-state index contributed by atoms with van der Waals surface area (Å²) in [6.45, 7) is 9.10. The van der Waals surface area contributed by atoms with Crippen LogP contribution >= 0.6 is 0 Å².